The van der Waals surface area contributed by atoms with E-state index in [0.717, 1.165) is 0 Å². The number of furan rings is 1. The molecule has 1 amide bonds. The molecule has 0 aromatic carbocycles. The van der Waals surface area contributed by atoms with Crippen LogP contribution in [0.25, 0.3) is 0 Å². The second kappa shape index (κ2) is 6.31. The van der Waals surface area contributed by atoms with Crippen LogP contribution in [0.15, 0.2) is 21.7 Å². The predicted molar refractivity (Wildman–Crippen MR) is 81.9 cm³/mol. The second-order valence-corrected chi connectivity index (χ2v) is 5.62. The number of hydrogen-bond acceptors (Lipinski definition) is 6. The van der Waals surface area contributed by atoms with Crippen molar-refractivity contribution in [1.29, 1.82) is 0 Å². The van der Waals surface area contributed by atoms with Crippen molar-refractivity contribution in [2.75, 3.05) is 6.54 Å². The molecule has 8 heteroatoms. The molecule has 1 saturated heterocycles. The number of hydrazone groups is 1. The first kappa shape index (κ1) is 16.9. The summed E-state index contributed by atoms with van der Waals surface area (Å²) in [5.41, 5.74) is -1.04. The van der Waals surface area contributed by atoms with Crippen LogP contribution in [0.4, 0.5) is 5.88 Å². The van der Waals surface area contributed by atoms with Crippen molar-refractivity contribution in [3.05, 3.63) is 28.0 Å². The Labute approximate surface area is 133 Å². The van der Waals surface area contributed by atoms with E-state index in [-0.39, 0.29) is 29.9 Å². The fraction of sp³-hybridized carbons (Fsp3) is 0.533. The molecule has 0 aliphatic carbocycles. The molecule has 124 valence electrons. The fourth-order valence-corrected chi connectivity index (χ4v) is 2.89. The van der Waals surface area contributed by atoms with Crippen molar-refractivity contribution in [2.45, 2.75) is 33.6 Å². The van der Waals surface area contributed by atoms with E-state index in [1.807, 2.05) is 13.8 Å². The molecule has 0 N–H and O–H groups in total. The number of carbonyl (C=O) groups excluding carboxylic acids is 2. The highest BCUT2D eigenvalue weighted by atomic mass is 16.6. The number of Topliss-reactive ketones (excluding diaryl/α,β-unsaturated/α-hetero) is 1. The van der Waals surface area contributed by atoms with Gasteiger partial charge in [-0.2, -0.15) is 5.10 Å². The van der Waals surface area contributed by atoms with E-state index in [1.165, 1.54) is 23.4 Å². The molecule has 1 aromatic rings. The molecular formula is C15H19N3O5. The third kappa shape index (κ3) is 2.88. The van der Waals surface area contributed by atoms with Crippen LogP contribution in [0.1, 0.15) is 39.4 Å². The van der Waals surface area contributed by atoms with Crippen LogP contribution < -0.4 is 0 Å². The first-order chi connectivity index (χ1) is 10.9. The molecule has 1 atom stereocenters. The van der Waals surface area contributed by atoms with Crippen LogP contribution in [0.3, 0.4) is 0 Å². The lowest BCUT2D eigenvalue weighted by Crippen LogP contribution is -2.55. The molecule has 2 rings (SSSR count). The Hall–Kier alpha value is -2.51. The molecule has 1 aromatic heterocycles. The van der Waals surface area contributed by atoms with Crippen LogP contribution in [-0.4, -0.2) is 34.4 Å². The molecule has 1 aliphatic heterocycles. The number of rotatable bonds is 5. The largest absolute Gasteiger partial charge is 0.433 e. The van der Waals surface area contributed by atoms with E-state index in [2.05, 4.69) is 5.10 Å². The van der Waals surface area contributed by atoms with Gasteiger partial charge in [-0.15, -0.1) is 0 Å². The molecule has 1 aliphatic rings. The smallest absolute Gasteiger partial charge is 0.400 e. The molecule has 0 bridgehead atoms. The van der Waals surface area contributed by atoms with Crippen molar-refractivity contribution >= 4 is 23.8 Å². The van der Waals surface area contributed by atoms with E-state index in [1.54, 1.807) is 6.92 Å². The number of carbonyl (C=O) groups is 2. The summed E-state index contributed by atoms with van der Waals surface area (Å²) in [7, 11) is 0. The monoisotopic (exact) mass is 321 g/mol. The third-order valence-corrected chi connectivity index (χ3v) is 4.33. The molecule has 1 unspecified atom stereocenters. The highest BCUT2D eigenvalue weighted by Crippen LogP contribution is 2.37. The standard InChI is InChI=1S/C15H19N3O5/c1-4-15(5-2)13(19)10(3)9-17(14(15)20)16-8-11-6-7-12(23-11)18(21)22/h6-8,10H,4-5,9H2,1-3H3/b16-8-. The minimum Gasteiger partial charge on any atom is -0.400 e. The van der Waals surface area contributed by atoms with E-state index in [4.69, 9.17) is 4.42 Å². The molecule has 0 saturated carbocycles. The van der Waals surface area contributed by atoms with Gasteiger partial charge in [0, 0.05) is 5.92 Å². The molecule has 1 fully saturated rings. The number of hydrogen-bond donors (Lipinski definition) is 0. The minimum absolute atomic E-state index is 0.0485. The summed E-state index contributed by atoms with van der Waals surface area (Å²) in [5, 5.41) is 15.9. The zero-order valence-electron chi connectivity index (χ0n) is 13.3. The summed E-state index contributed by atoms with van der Waals surface area (Å²) in [6.45, 7) is 5.60. The quantitative estimate of drug-likeness (QED) is 0.358. The van der Waals surface area contributed by atoms with Crippen LogP contribution in [0.5, 0.6) is 0 Å². The number of ketones is 1. The first-order valence-corrected chi connectivity index (χ1v) is 7.50. The van der Waals surface area contributed by atoms with Gasteiger partial charge in [-0.3, -0.25) is 19.7 Å². The Morgan fingerprint density at radius 2 is 2.09 bits per heavy atom. The third-order valence-electron chi connectivity index (χ3n) is 4.33. The zero-order valence-corrected chi connectivity index (χ0v) is 13.3. The lowest BCUT2D eigenvalue weighted by molar-refractivity contribution is -0.402. The average molecular weight is 321 g/mol. The van der Waals surface area contributed by atoms with Gasteiger partial charge in [-0.05, 0) is 18.9 Å². The van der Waals surface area contributed by atoms with Crippen LogP contribution >= 0.6 is 0 Å². The maximum absolute atomic E-state index is 12.7. The lowest BCUT2D eigenvalue weighted by atomic mass is 9.71. The van der Waals surface area contributed by atoms with Gasteiger partial charge in [0.1, 0.15) is 10.3 Å². The molecular weight excluding hydrogens is 302 g/mol. The van der Waals surface area contributed by atoms with Gasteiger partial charge in [0.05, 0.1) is 18.8 Å². The van der Waals surface area contributed by atoms with Crippen molar-refractivity contribution in [3.8, 4) is 0 Å². The van der Waals surface area contributed by atoms with Crippen molar-refractivity contribution in [1.82, 2.24) is 5.01 Å². The Morgan fingerprint density at radius 1 is 1.43 bits per heavy atom. The Balaban J connectivity index is 2.24. The van der Waals surface area contributed by atoms with Gasteiger partial charge in [-0.1, -0.05) is 20.8 Å². The molecule has 0 radical (unpaired) electrons. The van der Waals surface area contributed by atoms with Crippen molar-refractivity contribution < 1.29 is 18.9 Å². The van der Waals surface area contributed by atoms with Gasteiger partial charge in [0.2, 0.25) is 0 Å². The topological polar surface area (TPSA) is 106 Å². The van der Waals surface area contributed by atoms with Gasteiger partial charge in [0.15, 0.2) is 11.5 Å². The Morgan fingerprint density at radius 3 is 2.61 bits per heavy atom. The normalized spacial score (nSPS) is 21.2. The highest BCUT2D eigenvalue weighted by Gasteiger charge is 2.50. The SMILES string of the molecule is CCC1(CC)C(=O)C(C)CN(/N=C\c2ccc([N+](=O)[O-])o2)C1=O. The molecule has 0 spiro atoms. The average Bonchev–Trinajstić information content (AvgIpc) is 3.00. The summed E-state index contributed by atoms with van der Waals surface area (Å²) in [6, 6.07) is 2.62. The highest BCUT2D eigenvalue weighted by molar-refractivity contribution is 6.09. The fourth-order valence-electron chi connectivity index (χ4n) is 2.89. The van der Waals surface area contributed by atoms with E-state index >= 15 is 0 Å². The lowest BCUT2D eigenvalue weighted by Gasteiger charge is -2.39. The first-order valence-electron chi connectivity index (χ1n) is 7.50. The van der Waals surface area contributed by atoms with Crippen LogP contribution in [0.2, 0.25) is 0 Å². The summed E-state index contributed by atoms with van der Waals surface area (Å²) in [5.74, 6) is -0.907. The van der Waals surface area contributed by atoms with Gasteiger partial charge < -0.3 is 4.42 Å². The maximum Gasteiger partial charge on any atom is 0.433 e. The number of nitro groups is 1. The zero-order chi connectivity index (χ0) is 17.2. The summed E-state index contributed by atoms with van der Waals surface area (Å²) in [6.07, 6.45) is 2.09. The minimum atomic E-state index is -1.04. The van der Waals surface area contributed by atoms with Crippen molar-refractivity contribution in [3.63, 3.8) is 0 Å². The van der Waals surface area contributed by atoms with Crippen LogP contribution in [-0.2, 0) is 9.59 Å². The number of nitrogens with zero attached hydrogens (tertiary/aromatic N) is 3. The predicted octanol–water partition coefficient (Wildman–Crippen LogP) is 2.38. The van der Waals surface area contributed by atoms with Gasteiger partial charge in [-0.25, -0.2) is 5.01 Å². The van der Waals surface area contributed by atoms with Gasteiger partial charge in [0.25, 0.3) is 5.91 Å². The number of amides is 1. The Kier molecular flexibility index (Phi) is 4.63. The summed E-state index contributed by atoms with van der Waals surface area (Å²) >= 11 is 0. The second-order valence-electron chi connectivity index (χ2n) is 5.62. The maximum atomic E-state index is 12.7. The summed E-state index contributed by atoms with van der Waals surface area (Å²) < 4.78 is 4.97. The van der Waals surface area contributed by atoms with Crippen LogP contribution in [0, 0.1) is 21.4 Å². The van der Waals surface area contributed by atoms with E-state index < -0.39 is 16.2 Å². The summed E-state index contributed by atoms with van der Waals surface area (Å²) in [4.78, 5) is 35.0. The molecule has 8 nitrogen and oxygen atoms in total. The Bertz CT molecular complexity index is 660. The van der Waals surface area contributed by atoms with E-state index in [0.29, 0.717) is 12.8 Å². The number of piperidine rings is 1. The molecule has 2 heterocycles. The van der Waals surface area contributed by atoms with E-state index in [9.17, 15) is 19.7 Å². The van der Waals surface area contributed by atoms with Gasteiger partial charge >= 0.3 is 5.88 Å². The molecule has 23 heavy (non-hydrogen) atoms. The van der Waals surface area contributed by atoms with Crippen molar-refractivity contribution in [2.24, 2.45) is 16.4 Å².